The molecule has 21 heavy (non-hydrogen) atoms. The lowest BCUT2D eigenvalue weighted by Gasteiger charge is -2.18. The summed E-state index contributed by atoms with van der Waals surface area (Å²) >= 11 is 0. The molecule has 0 aromatic heterocycles. The molecule has 0 aliphatic carbocycles. The zero-order valence-corrected chi connectivity index (χ0v) is 13.8. The Morgan fingerprint density at radius 3 is 2.24 bits per heavy atom. The molecule has 0 aromatic carbocycles. The van der Waals surface area contributed by atoms with Gasteiger partial charge in [0.25, 0.3) is 0 Å². The van der Waals surface area contributed by atoms with E-state index < -0.39 is 11.9 Å². The monoisotopic (exact) mass is 301 g/mol. The van der Waals surface area contributed by atoms with Gasteiger partial charge in [-0.2, -0.15) is 0 Å². The zero-order chi connectivity index (χ0) is 16.3. The van der Waals surface area contributed by atoms with Gasteiger partial charge in [0.1, 0.15) is 0 Å². The van der Waals surface area contributed by atoms with E-state index in [1.165, 1.54) is 0 Å². The Bertz CT molecular complexity index is 305. The molecule has 3 N–H and O–H groups in total. The molecule has 1 atom stereocenters. The highest BCUT2D eigenvalue weighted by Gasteiger charge is 2.19. The van der Waals surface area contributed by atoms with E-state index in [1.54, 1.807) is 0 Å². The number of hydrogen-bond acceptors (Lipinski definition) is 3. The molecule has 124 valence electrons. The Labute approximate surface area is 128 Å². The number of nitrogens with zero attached hydrogens (tertiary/aromatic N) is 1. The van der Waals surface area contributed by atoms with Crippen molar-refractivity contribution in [2.75, 3.05) is 32.7 Å². The van der Waals surface area contributed by atoms with E-state index in [-0.39, 0.29) is 12.6 Å². The number of hydrogen-bond donors (Lipinski definition) is 3. The topological polar surface area (TPSA) is 81.7 Å². The number of nitrogens with one attached hydrogen (secondary N) is 2. The van der Waals surface area contributed by atoms with Gasteiger partial charge in [0.05, 0.1) is 5.92 Å². The minimum atomic E-state index is -0.856. The van der Waals surface area contributed by atoms with Gasteiger partial charge in [-0.25, -0.2) is 4.79 Å². The number of amides is 2. The average Bonchev–Trinajstić information content (AvgIpc) is 2.43. The summed E-state index contributed by atoms with van der Waals surface area (Å²) in [6.45, 7) is 11.9. The molecule has 0 aliphatic rings. The van der Waals surface area contributed by atoms with E-state index in [1.807, 2.05) is 13.8 Å². The van der Waals surface area contributed by atoms with E-state index in [4.69, 9.17) is 5.11 Å². The van der Waals surface area contributed by atoms with E-state index in [2.05, 4.69) is 29.4 Å². The van der Waals surface area contributed by atoms with Crippen LogP contribution < -0.4 is 10.6 Å². The molecular weight excluding hydrogens is 270 g/mol. The van der Waals surface area contributed by atoms with Crippen LogP contribution in [0.1, 0.15) is 40.5 Å². The van der Waals surface area contributed by atoms with Crippen LogP contribution in [0.2, 0.25) is 0 Å². The molecule has 0 bridgehead atoms. The van der Waals surface area contributed by atoms with Gasteiger partial charge in [-0.1, -0.05) is 27.7 Å². The van der Waals surface area contributed by atoms with Crippen molar-refractivity contribution in [1.82, 2.24) is 15.5 Å². The molecule has 0 saturated heterocycles. The third-order valence-corrected chi connectivity index (χ3v) is 3.45. The Hall–Kier alpha value is -1.30. The fourth-order valence-electron chi connectivity index (χ4n) is 2.16. The lowest BCUT2D eigenvalue weighted by atomic mass is 9.97. The van der Waals surface area contributed by atoms with Crippen molar-refractivity contribution in [3.63, 3.8) is 0 Å². The summed E-state index contributed by atoms with van der Waals surface area (Å²) < 4.78 is 0. The highest BCUT2D eigenvalue weighted by molar-refractivity contribution is 5.75. The van der Waals surface area contributed by atoms with E-state index in [0.29, 0.717) is 18.9 Å². The lowest BCUT2D eigenvalue weighted by Crippen LogP contribution is -2.41. The maximum atomic E-state index is 11.6. The summed E-state index contributed by atoms with van der Waals surface area (Å²) in [5.41, 5.74) is 0. The molecule has 0 spiro atoms. The zero-order valence-electron chi connectivity index (χ0n) is 13.8. The number of carboxylic acids is 1. The highest BCUT2D eigenvalue weighted by Crippen LogP contribution is 2.10. The van der Waals surface area contributed by atoms with Crippen LogP contribution in [0.25, 0.3) is 0 Å². The summed E-state index contributed by atoms with van der Waals surface area (Å²) in [7, 11) is 0. The van der Waals surface area contributed by atoms with Crippen molar-refractivity contribution in [2.24, 2.45) is 11.8 Å². The average molecular weight is 301 g/mol. The second kappa shape index (κ2) is 11.4. The largest absolute Gasteiger partial charge is 0.481 e. The third kappa shape index (κ3) is 10.1. The van der Waals surface area contributed by atoms with E-state index in [9.17, 15) is 9.59 Å². The Balaban J connectivity index is 3.85. The van der Waals surface area contributed by atoms with Crippen molar-refractivity contribution in [2.45, 2.75) is 40.5 Å². The standard InChI is InChI=1S/C15H31N3O3/c1-5-18(6-2)9-7-8-16-15(21)17-11-13(14(19)20)10-12(3)4/h12-13H,5-11H2,1-4H3,(H,19,20)(H2,16,17,21). The maximum Gasteiger partial charge on any atom is 0.314 e. The molecule has 1 unspecified atom stereocenters. The van der Waals surface area contributed by atoms with Crippen molar-refractivity contribution in [1.29, 1.82) is 0 Å². The van der Waals surface area contributed by atoms with Crippen LogP contribution in [0.15, 0.2) is 0 Å². The number of carbonyl (C=O) groups is 2. The number of urea groups is 1. The smallest absolute Gasteiger partial charge is 0.314 e. The minimum Gasteiger partial charge on any atom is -0.481 e. The van der Waals surface area contributed by atoms with Gasteiger partial charge in [0, 0.05) is 13.1 Å². The molecule has 0 saturated carbocycles. The van der Waals surface area contributed by atoms with Crippen LogP contribution in [-0.4, -0.2) is 54.7 Å². The normalized spacial score (nSPS) is 12.5. The van der Waals surface area contributed by atoms with Gasteiger partial charge in [-0.05, 0) is 38.4 Å². The van der Waals surface area contributed by atoms with Crippen molar-refractivity contribution >= 4 is 12.0 Å². The second-order valence-electron chi connectivity index (χ2n) is 5.68. The highest BCUT2D eigenvalue weighted by atomic mass is 16.4. The molecule has 2 amide bonds. The SMILES string of the molecule is CCN(CC)CCCNC(=O)NCC(CC(C)C)C(=O)O. The molecule has 0 fully saturated rings. The van der Waals surface area contributed by atoms with Crippen molar-refractivity contribution < 1.29 is 14.7 Å². The Morgan fingerprint density at radius 1 is 1.14 bits per heavy atom. The van der Waals surface area contributed by atoms with Crippen LogP contribution in [0.4, 0.5) is 4.79 Å². The van der Waals surface area contributed by atoms with Gasteiger partial charge in [0.15, 0.2) is 0 Å². The predicted octanol–water partition coefficient (Wildman–Crippen LogP) is 1.76. The first-order chi connectivity index (χ1) is 9.90. The second-order valence-corrected chi connectivity index (χ2v) is 5.68. The summed E-state index contributed by atoms with van der Waals surface area (Å²) in [4.78, 5) is 25.0. The van der Waals surface area contributed by atoms with E-state index in [0.717, 1.165) is 26.1 Å². The first-order valence-electron chi connectivity index (χ1n) is 7.87. The molecule has 0 radical (unpaired) electrons. The van der Waals surface area contributed by atoms with E-state index >= 15 is 0 Å². The maximum absolute atomic E-state index is 11.6. The van der Waals surface area contributed by atoms with Crippen LogP contribution in [0.5, 0.6) is 0 Å². The van der Waals surface area contributed by atoms with Gasteiger partial charge in [-0.15, -0.1) is 0 Å². The molecule has 0 aliphatic heterocycles. The number of carbonyl (C=O) groups excluding carboxylic acids is 1. The molecule has 0 rings (SSSR count). The summed E-state index contributed by atoms with van der Waals surface area (Å²) in [5, 5.41) is 14.5. The first kappa shape index (κ1) is 19.7. The lowest BCUT2D eigenvalue weighted by molar-refractivity contribution is -0.142. The predicted molar refractivity (Wildman–Crippen MR) is 84.4 cm³/mol. The van der Waals surface area contributed by atoms with Gasteiger partial charge in [0.2, 0.25) is 0 Å². The van der Waals surface area contributed by atoms with Gasteiger partial charge >= 0.3 is 12.0 Å². The van der Waals surface area contributed by atoms with Crippen molar-refractivity contribution in [3.8, 4) is 0 Å². The Kier molecular flexibility index (Phi) is 10.7. The Morgan fingerprint density at radius 2 is 1.76 bits per heavy atom. The third-order valence-electron chi connectivity index (χ3n) is 3.45. The minimum absolute atomic E-state index is 0.176. The molecular formula is C15H31N3O3. The van der Waals surface area contributed by atoms with Crippen LogP contribution in [0.3, 0.4) is 0 Å². The molecule has 0 aromatic rings. The summed E-state index contributed by atoms with van der Waals surface area (Å²) in [6, 6.07) is -0.287. The summed E-state index contributed by atoms with van der Waals surface area (Å²) in [5.74, 6) is -1.08. The number of carboxylic acid groups (broad SMARTS) is 1. The molecule has 6 nitrogen and oxygen atoms in total. The fraction of sp³-hybridized carbons (Fsp3) is 0.867. The van der Waals surface area contributed by atoms with Crippen LogP contribution in [-0.2, 0) is 4.79 Å². The van der Waals surface area contributed by atoms with Crippen molar-refractivity contribution in [3.05, 3.63) is 0 Å². The summed E-state index contributed by atoms with van der Waals surface area (Å²) in [6.07, 6.45) is 1.46. The molecule has 6 heteroatoms. The number of aliphatic carboxylic acids is 1. The quantitative estimate of drug-likeness (QED) is 0.508. The van der Waals surface area contributed by atoms with Crippen LogP contribution >= 0.6 is 0 Å². The van der Waals surface area contributed by atoms with Gasteiger partial charge < -0.3 is 20.6 Å². The van der Waals surface area contributed by atoms with Gasteiger partial charge in [-0.3, -0.25) is 4.79 Å². The van der Waals surface area contributed by atoms with Crippen LogP contribution in [0, 0.1) is 11.8 Å². The molecule has 0 heterocycles. The number of rotatable bonds is 11. The fourth-order valence-corrected chi connectivity index (χ4v) is 2.16. The first-order valence-corrected chi connectivity index (χ1v) is 7.87.